The monoisotopic (exact) mass is 409 g/mol. The summed E-state index contributed by atoms with van der Waals surface area (Å²) in [6, 6.07) is 15.7. The Balaban J connectivity index is 1.29. The van der Waals surface area contributed by atoms with Crippen molar-refractivity contribution >= 4 is 23.2 Å². The molecule has 6 heteroatoms. The molecule has 0 unspecified atom stereocenters. The van der Waals surface area contributed by atoms with Crippen LogP contribution in [-0.4, -0.2) is 24.0 Å². The smallest absolute Gasteiger partial charge is 0.220 e. The molecule has 2 aromatic carbocycles. The van der Waals surface area contributed by atoms with Crippen molar-refractivity contribution in [1.29, 1.82) is 0 Å². The van der Waals surface area contributed by atoms with E-state index in [4.69, 9.17) is 16.0 Å². The van der Waals surface area contributed by atoms with Gasteiger partial charge in [0, 0.05) is 48.7 Å². The van der Waals surface area contributed by atoms with E-state index in [1.165, 1.54) is 18.5 Å². The fraction of sp³-hybridized carbons (Fsp3) is 0.304. The van der Waals surface area contributed by atoms with Crippen molar-refractivity contribution in [3.05, 3.63) is 71.2 Å². The highest BCUT2D eigenvalue weighted by Crippen LogP contribution is 2.25. The minimum Gasteiger partial charge on any atom is -0.441 e. The number of anilines is 1. The molecule has 1 saturated heterocycles. The minimum absolute atomic E-state index is 0.00697. The summed E-state index contributed by atoms with van der Waals surface area (Å²) < 4.78 is 5.77. The molecule has 0 aliphatic carbocycles. The molecule has 0 atom stereocenters. The maximum atomic E-state index is 12.3. The predicted molar refractivity (Wildman–Crippen MR) is 115 cm³/mol. The van der Waals surface area contributed by atoms with Gasteiger partial charge in [-0.3, -0.25) is 4.79 Å². The van der Waals surface area contributed by atoms with E-state index in [-0.39, 0.29) is 5.91 Å². The Bertz CT molecular complexity index is 962. The van der Waals surface area contributed by atoms with Gasteiger partial charge in [-0.2, -0.15) is 0 Å². The van der Waals surface area contributed by atoms with Gasteiger partial charge in [0.05, 0.1) is 6.20 Å². The van der Waals surface area contributed by atoms with E-state index in [1.807, 2.05) is 30.3 Å². The largest absolute Gasteiger partial charge is 0.441 e. The number of carbonyl (C=O) groups is 1. The molecule has 2 heterocycles. The van der Waals surface area contributed by atoms with E-state index in [1.54, 1.807) is 6.20 Å². The summed E-state index contributed by atoms with van der Waals surface area (Å²) in [6.07, 6.45) is 4.95. The highest BCUT2D eigenvalue weighted by atomic mass is 35.5. The third-order valence-electron chi connectivity index (χ3n) is 5.16. The lowest BCUT2D eigenvalue weighted by Crippen LogP contribution is -2.25. The van der Waals surface area contributed by atoms with E-state index in [0.717, 1.165) is 24.2 Å². The van der Waals surface area contributed by atoms with Crippen LogP contribution >= 0.6 is 11.6 Å². The van der Waals surface area contributed by atoms with Gasteiger partial charge in [0.15, 0.2) is 11.7 Å². The number of aromatic nitrogens is 1. The highest BCUT2D eigenvalue weighted by Gasteiger charge is 2.16. The second kappa shape index (κ2) is 9.14. The fourth-order valence-corrected chi connectivity index (χ4v) is 3.73. The van der Waals surface area contributed by atoms with Crippen molar-refractivity contribution in [1.82, 2.24) is 10.3 Å². The van der Waals surface area contributed by atoms with E-state index < -0.39 is 0 Å². The van der Waals surface area contributed by atoms with E-state index in [2.05, 4.69) is 33.4 Å². The topological polar surface area (TPSA) is 58.4 Å². The molecule has 150 valence electrons. The van der Waals surface area contributed by atoms with E-state index in [0.29, 0.717) is 36.1 Å². The molecule has 0 radical (unpaired) electrons. The van der Waals surface area contributed by atoms with Gasteiger partial charge < -0.3 is 14.6 Å². The molecule has 1 amide bonds. The van der Waals surface area contributed by atoms with Crippen molar-refractivity contribution in [3.63, 3.8) is 0 Å². The Morgan fingerprint density at radius 1 is 1.10 bits per heavy atom. The molecule has 1 aromatic heterocycles. The maximum absolute atomic E-state index is 12.3. The summed E-state index contributed by atoms with van der Waals surface area (Å²) in [5.41, 5.74) is 3.30. The summed E-state index contributed by atoms with van der Waals surface area (Å²) in [6.45, 7) is 2.71. The zero-order chi connectivity index (χ0) is 20.1. The predicted octanol–water partition coefficient (Wildman–Crippen LogP) is 4.84. The Morgan fingerprint density at radius 2 is 1.86 bits per heavy atom. The maximum Gasteiger partial charge on any atom is 0.220 e. The number of para-hydroxylation sites is 1. The van der Waals surface area contributed by atoms with Crippen LogP contribution in [-0.2, 0) is 17.8 Å². The quantitative estimate of drug-likeness (QED) is 0.606. The average Bonchev–Trinajstić information content (AvgIpc) is 3.44. The highest BCUT2D eigenvalue weighted by molar-refractivity contribution is 6.30. The van der Waals surface area contributed by atoms with Crippen LogP contribution in [0, 0.1) is 0 Å². The average molecular weight is 410 g/mol. The van der Waals surface area contributed by atoms with Gasteiger partial charge >= 0.3 is 0 Å². The zero-order valence-electron chi connectivity index (χ0n) is 16.2. The molecule has 1 N–H and O–H groups in total. The Labute approximate surface area is 175 Å². The number of halogens is 1. The van der Waals surface area contributed by atoms with Crippen molar-refractivity contribution in [3.8, 4) is 11.3 Å². The van der Waals surface area contributed by atoms with E-state index >= 15 is 0 Å². The second-order valence-electron chi connectivity index (χ2n) is 7.22. The first-order valence-corrected chi connectivity index (χ1v) is 10.4. The molecule has 3 aromatic rings. The fourth-order valence-electron chi connectivity index (χ4n) is 3.60. The molecule has 1 fully saturated rings. The van der Waals surface area contributed by atoms with Gasteiger partial charge in [-0.25, -0.2) is 4.98 Å². The molecular formula is C23H24ClN3O2. The number of rotatable bonds is 7. The van der Waals surface area contributed by atoms with Crippen molar-refractivity contribution in [2.75, 3.05) is 18.0 Å². The van der Waals surface area contributed by atoms with Crippen molar-refractivity contribution in [2.45, 2.75) is 32.2 Å². The molecule has 5 nitrogen and oxygen atoms in total. The number of aryl methyl sites for hydroxylation is 1. The van der Waals surface area contributed by atoms with Crippen LogP contribution in [0.25, 0.3) is 11.3 Å². The lowest BCUT2D eigenvalue weighted by Gasteiger charge is -2.21. The third kappa shape index (κ3) is 4.98. The number of benzene rings is 2. The molecule has 4 rings (SSSR count). The summed E-state index contributed by atoms with van der Waals surface area (Å²) in [7, 11) is 0. The van der Waals surface area contributed by atoms with Gasteiger partial charge in [0.1, 0.15) is 0 Å². The number of carbonyl (C=O) groups excluding carboxylic acids is 1. The van der Waals surface area contributed by atoms with Gasteiger partial charge in [-0.05, 0) is 48.7 Å². The SMILES string of the molecule is O=C(CCc1ncc(-c2ccc(Cl)cc2)o1)NCc1ccccc1N1CCCC1. The number of hydrogen-bond acceptors (Lipinski definition) is 4. The normalized spacial score (nSPS) is 13.6. The van der Waals surface area contributed by atoms with Crippen LogP contribution in [0.2, 0.25) is 5.02 Å². The first-order chi connectivity index (χ1) is 14.2. The first-order valence-electron chi connectivity index (χ1n) is 9.99. The molecule has 1 aliphatic heterocycles. The Kier molecular flexibility index (Phi) is 6.15. The molecule has 0 spiro atoms. The molecule has 1 aliphatic rings. The van der Waals surface area contributed by atoms with Crippen LogP contribution in [0.1, 0.15) is 30.7 Å². The zero-order valence-corrected chi connectivity index (χ0v) is 17.0. The third-order valence-corrected chi connectivity index (χ3v) is 5.41. The lowest BCUT2D eigenvalue weighted by atomic mass is 10.1. The van der Waals surface area contributed by atoms with Gasteiger partial charge in [0.25, 0.3) is 0 Å². The van der Waals surface area contributed by atoms with Crippen molar-refractivity contribution in [2.24, 2.45) is 0 Å². The summed E-state index contributed by atoms with van der Waals surface area (Å²) >= 11 is 5.92. The standard InChI is InChI=1S/C23H24ClN3O2/c24-19-9-7-17(8-10-19)21-16-26-23(29-21)12-11-22(28)25-15-18-5-1-2-6-20(18)27-13-3-4-14-27/h1-2,5-10,16H,3-4,11-15H2,(H,25,28). The molecule has 0 bridgehead atoms. The van der Waals surface area contributed by atoms with Crippen LogP contribution in [0.15, 0.2) is 59.1 Å². The van der Waals surface area contributed by atoms with Crippen LogP contribution in [0.3, 0.4) is 0 Å². The number of nitrogens with one attached hydrogen (secondary N) is 1. The Morgan fingerprint density at radius 3 is 2.66 bits per heavy atom. The first kappa shape index (κ1) is 19.5. The lowest BCUT2D eigenvalue weighted by molar-refractivity contribution is -0.121. The minimum atomic E-state index is -0.00697. The van der Waals surface area contributed by atoms with E-state index in [9.17, 15) is 4.79 Å². The van der Waals surface area contributed by atoms with Crippen LogP contribution < -0.4 is 10.2 Å². The van der Waals surface area contributed by atoms with Crippen molar-refractivity contribution < 1.29 is 9.21 Å². The number of oxazole rings is 1. The summed E-state index contributed by atoms with van der Waals surface area (Å²) in [5, 5.41) is 3.71. The number of nitrogens with zero attached hydrogens (tertiary/aromatic N) is 2. The van der Waals surface area contributed by atoms with Gasteiger partial charge in [0.2, 0.25) is 5.91 Å². The molecule has 0 saturated carbocycles. The van der Waals surface area contributed by atoms with Gasteiger partial charge in [-0.1, -0.05) is 29.8 Å². The summed E-state index contributed by atoms with van der Waals surface area (Å²) in [5.74, 6) is 1.23. The second-order valence-corrected chi connectivity index (χ2v) is 7.66. The molecule has 29 heavy (non-hydrogen) atoms. The molecular weight excluding hydrogens is 386 g/mol. The Hall–Kier alpha value is -2.79. The number of amides is 1. The summed E-state index contributed by atoms with van der Waals surface area (Å²) in [4.78, 5) is 19.0. The van der Waals surface area contributed by atoms with Crippen LogP contribution in [0.4, 0.5) is 5.69 Å². The van der Waals surface area contributed by atoms with Gasteiger partial charge in [-0.15, -0.1) is 0 Å². The number of hydrogen-bond donors (Lipinski definition) is 1. The van der Waals surface area contributed by atoms with Crippen LogP contribution in [0.5, 0.6) is 0 Å².